The van der Waals surface area contributed by atoms with E-state index in [2.05, 4.69) is 0 Å². The van der Waals surface area contributed by atoms with Gasteiger partial charge in [0.15, 0.2) is 6.61 Å². The fraction of sp³-hybridized carbons (Fsp3) is 0.188. The Morgan fingerprint density at radius 1 is 1.18 bits per heavy atom. The lowest BCUT2D eigenvalue weighted by atomic mass is 10.2. The Bertz CT molecular complexity index is 662. The minimum atomic E-state index is -0.455. The molecule has 0 radical (unpaired) electrons. The molecule has 0 N–H and O–H groups in total. The molecule has 0 aromatic heterocycles. The molecule has 3 nitrogen and oxygen atoms in total. The van der Waals surface area contributed by atoms with E-state index in [0.717, 1.165) is 11.6 Å². The number of rotatable bonds is 5. The Balaban J connectivity index is 1.89. The summed E-state index contributed by atoms with van der Waals surface area (Å²) < 4.78 is 18.2. The van der Waals surface area contributed by atoms with Crippen LogP contribution in [0.3, 0.4) is 0 Å². The number of carbonyl (C=O) groups is 1. The van der Waals surface area contributed by atoms with Crippen LogP contribution >= 0.6 is 23.2 Å². The summed E-state index contributed by atoms with van der Waals surface area (Å²) in [6.07, 6.45) is 0. The quantitative estimate of drug-likeness (QED) is 0.816. The number of likely N-dealkylation sites (N-methyl/N-ethyl adjacent to an activating group) is 1. The van der Waals surface area contributed by atoms with Crippen LogP contribution in [-0.4, -0.2) is 24.5 Å². The molecule has 0 unspecified atom stereocenters. The molecule has 116 valence electrons. The highest BCUT2D eigenvalue weighted by atomic mass is 35.5. The van der Waals surface area contributed by atoms with Gasteiger partial charge in [0.25, 0.3) is 5.91 Å². The molecule has 0 aliphatic heterocycles. The Morgan fingerprint density at radius 3 is 2.50 bits per heavy atom. The number of ether oxygens (including phenoxy) is 1. The Labute approximate surface area is 138 Å². The van der Waals surface area contributed by atoms with Crippen molar-refractivity contribution in [2.45, 2.75) is 6.54 Å². The zero-order valence-corrected chi connectivity index (χ0v) is 13.4. The van der Waals surface area contributed by atoms with Crippen molar-refractivity contribution in [2.24, 2.45) is 0 Å². The Morgan fingerprint density at radius 2 is 1.86 bits per heavy atom. The molecule has 0 atom stereocenters. The summed E-state index contributed by atoms with van der Waals surface area (Å²) in [6.45, 7) is 0.270. The summed E-state index contributed by atoms with van der Waals surface area (Å²) in [5.41, 5.74) is 0.958. The molecule has 2 aromatic rings. The second kappa shape index (κ2) is 7.47. The predicted molar refractivity (Wildman–Crippen MR) is 84.8 cm³/mol. The maximum absolute atomic E-state index is 12.9. The first-order valence-electron chi connectivity index (χ1n) is 6.52. The number of carbonyl (C=O) groups excluding carboxylic acids is 1. The molecular formula is C16H14Cl2FNO2. The Hall–Kier alpha value is -1.78. The van der Waals surface area contributed by atoms with E-state index in [1.165, 1.54) is 17.0 Å². The van der Waals surface area contributed by atoms with Crippen LogP contribution in [-0.2, 0) is 11.3 Å². The van der Waals surface area contributed by atoms with Crippen LogP contribution < -0.4 is 4.74 Å². The molecule has 22 heavy (non-hydrogen) atoms. The zero-order valence-electron chi connectivity index (χ0n) is 11.9. The SMILES string of the molecule is CN(Cc1ccc(Cl)cc1)C(=O)COc1ccc(F)cc1Cl. The predicted octanol–water partition coefficient (Wildman–Crippen LogP) is 4.17. The van der Waals surface area contributed by atoms with Crippen LogP contribution in [0.5, 0.6) is 5.75 Å². The van der Waals surface area contributed by atoms with Gasteiger partial charge in [-0.15, -0.1) is 0 Å². The summed E-state index contributed by atoms with van der Waals surface area (Å²) in [5.74, 6) is -0.393. The minimum Gasteiger partial charge on any atom is -0.482 e. The third-order valence-electron chi connectivity index (χ3n) is 3.00. The van der Waals surface area contributed by atoms with Crippen molar-refractivity contribution in [1.29, 1.82) is 0 Å². The van der Waals surface area contributed by atoms with E-state index in [9.17, 15) is 9.18 Å². The van der Waals surface area contributed by atoms with E-state index in [1.807, 2.05) is 12.1 Å². The molecule has 0 saturated carbocycles. The average Bonchev–Trinajstić information content (AvgIpc) is 2.48. The topological polar surface area (TPSA) is 29.5 Å². The van der Waals surface area contributed by atoms with Gasteiger partial charge in [0.05, 0.1) is 5.02 Å². The summed E-state index contributed by atoms with van der Waals surface area (Å²) in [6, 6.07) is 11.0. The molecule has 2 aromatic carbocycles. The normalized spacial score (nSPS) is 10.4. The average molecular weight is 342 g/mol. The van der Waals surface area contributed by atoms with Gasteiger partial charge in [-0.1, -0.05) is 35.3 Å². The standard InChI is InChI=1S/C16H14Cl2FNO2/c1-20(9-11-2-4-12(17)5-3-11)16(21)10-22-15-7-6-13(19)8-14(15)18/h2-8H,9-10H2,1H3. The minimum absolute atomic E-state index is 0.133. The van der Waals surface area contributed by atoms with Gasteiger partial charge in [0.1, 0.15) is 11.6 Å². The smallest absolute Gasteiger partial charge is 0.260 e. The van der Waals surface area contributed by atoms with Crippen LogP contribution in [0.1, 0.15) is 5.56 Å². The first-order chi connectivity index (χ1) is 10.5. The number of amides is 1. The lowest BCUT2D eigenvalue weighted by Crippen LogP contribution is -2.30. The summed E-state index contributed by atoms with van der Waals surface area (Å²) in [5, 5.41) is 0.778. The van der Waals surface area contributed by atoms with Crippen molar-refractivity contribution in [1.82, 2.24) is 4.90 Å². The lowest BCUT2D eigenvalue weighted by molar-refractivity contribution is -0.132. The lowest BCUT2D eigenvalue weighted by Gasteiger charge is -2.18. The number of nitrogens with zero attached hydrogens (tertiary/aromatic N) is 1. The van der Waals surface area contributed by atoms with Crippen molar-refractivity contribution in [3.05, 3.63) is 63.9 Å². The summed E-state index contributed by atoms with van der Waals surface area (Å²) in [4.78, 5) is 13.6. The first-order valence-corrected chi connectivity index (χ1v) is 7.27. The van der Waals surface area contributed by atoms with Gasteiger partial charge in [-0.05, 0) is 35.9 Å². The molecular weight excluding hydrogens is 328 g/mol. The molecule has 0 saturated heterocycles. The second-order valence-corrected chi connectivity index (χ2v) is 5.58. The van der Waals surface area contributed by atoms with Gasteiger partial charge in [-0.2, -0.15) is 0 Å². The Kier molecular flexibility index (Phi) is 5.63. The molecule has 0 fully saturated rings. The van der Waals surface area contributed by atoms with Gasteiger partial charge in [0.2, 0.25) is 0 Å². The van der Waals surface area contributed by atoms with Crippen LogP contribution in [0.4, 0.5) is 4.39 Å². The largest absolute Gasteiger partial charge is 0.482 e. The van der Waals surface area contributed by atoms with Gasteiger partial charge in [-0.3, -0.25) is 4.79 Å². The van der Waals surface area contributed by atoms with E-state index >= 15 is 0 Å². The highest BCUT2D eigenvalue weighted by molar-refractivity contribution is 6.32. The number of hydrogen-bond donors (Lipinski definition) is 0. The highest BCUT2D eigenvalue weighted by Crippen LogP contribution is 2.24. The molecule has 0 aliphatic rings. The van der Waals surface area contributed by atoms with Crippen molar-refractivity contribution in [3.63, 3.8) is 0 Å². The maximum atomic E-state index is 12.9. The van der Waals surface area contributed by atoms with Crippen LogP contribution in [0, 0.1) is 5.82 Å². The summed E-state index contributed by atoms with van der Waals surface area (Å²) in [7, 11) is 1.67. The van der Waals surface area contributed by atoms with E-state index in [-0.39, 0.29) is 23.3 Å². The van der Waals surface area contributed by atoms with Crippen LogP contribution in [0.15, 0.2) is 42.5 Å². The van der Waals surface area contributed by atoms with Gasteiger partial charge in [-0.25, -0.2) is 4.39 Å². The van der Waals surface area contributed by atoms with Crippen molar-refractivity contribution >= 4 is 29.1 Å². The molecule has 0 heterocycles. The van der Waals surface area contributed by atoms with Crippen molar-refractivity contribution < 1.29 is 13.9 Å². The van der Waals surface area contributed by atoms with E-state index < -0.39 is 5.82 Å². The fourth-order valence-electron chi connectivity index (χ4n) is 1.79. The monoisotopic (exact) mass is 341 g/mol. The molecule has 0 aliphatic carbocycles. The zero-order chi connectivity index (χ0) is 16.1. The number of benzene rings is 2. The molecule has 1 amide bonds. The van der Waals surface area contributed by atoms with Crippen LogP contribution in [0.25, 0.3) is 0 Å². The van der Waals surface area contributed by atoms with E-state index in [0.29, 0.717) is 11.6 Å². The first kappa shape index (κ1) is 16.6. The maximum Gasteiger partial charge on any atom is 0.260 e. The fourth-order valence-corrected chi connectivity index (χ4v) is 2.14. The van der Waals surface area contributed by atoms with Gasteiger partial charge in [0, 0.05) is 18.6 Å². The number of hydrogen-bond acceptors (Lipinski definition) is 2. The van der Waals surface area contributed by atoms with Gasteiger partial charge >= 0.3 is 0 Å². The van der Waals surface area contributed by atoms with Crippen molar-refractivity contribution in [2.75, 3.05) is 13.7 Å². The third-order valence-corrected chi connectivity index (χ3v) is 3.55. The van der Waals surface area contributed by atoms with Crippen molar-refractivity contribution in [3.8, 4) is 5.75 Å². The third kappa shape index (κ3) is 4.61. The molecule has 0 bridgehead atoms. The molecule has 2 rings (SSSR count). The van der Waals surface area contributed by atoms with Crippen LogP contribution in [0.2, 0.25) is 10.0 Å². The molecule has 6 heteroatoms. The number of halogens is 3. The van der Waals surface area contributed by atoms with E-state index in [4.69, 9.17) is 27.9 Å². The summed E-state index contributed by atoms with van der Waals surface area (Å²) >= 11 is 11.6. The highest BCUT2D eigenvalue weighted by Gasteiger charge is 2.12. The second-order valence-electron chi connectivity index (χ2n) is 4.74. The van der Waals surface area contributed by atoms with E-state index in [1.54, 1.807) is 19.2 Å². The molecule has 0 spiro atoms. The van der Waals surface area contributed by atoms with Gasteiger partial charge < -0.3 is 9.64 Å².